The molecule has 1 atom stereocenters. The third kappa shape index (κ3) is 16.1. The zero-order valence-corrected chi connectivity index (χ0v) is 11.0. The quantitative estimate of drug-likeness (QED) is 0.487. The summed E-state index contributed by atoms with van der Waals surface area (Å²) in [7, 11) is -4.67. The monoisotopic (exact) mass is 294 g/mol. The van der Waals surface area contributed by atoms with Crippen LogP contribution in [0.4, 0.5) is 0 Å². The first kappa shape index (κ1) is 21.0. The molecule has 0 fully saturated rings. The number of rotatable bonds is 0. The molecular weight excluding hydrogens is 279 g/mol. The Kier molecular flexibility index (Phi) is 10.4. The molecule has 0 aromatic carbocycles. The van der Waals surface area contributed by atoms with Gasteiger partial charge < -0.3 is 11.5 Å². The van der Waals surface area contributed by atoms with Crippen LogP contribution in [0.3, 0.4) is 0 Å². The highest BCUT2D eigenvalue weighted by molar-refractivity contribution is 7.79. The van der Waals surface area contributed by atoms with Crippen molar-refractivity contribution in [2.75, 3.05) is 0 Å². The molecule has 0 spiro atoms. The zero-order valence-electron chi connectivity index (χ0n) is 8.53. The van der Waals surface area contributed by atoms with Crippen LogP contribution in [0, 0.1) is 0 Å². The van der Waals surface area contributed by atoms with E-state index in [4.69, 9.17) is 29.0 Å². The maximum atomic E-state index is 8.74. The molecule has 0 saturated heterocycles. The van der Waals surface area contributed by atoms with Crippen LogP contribution in [0.1, 0.15) is 13.3 Å². The van der Waals surface area contributed by atoms with Gasteiger partial charge in [0, 0.05) is 11.2 Å². The Morgan fingerprint density at radius 2 is 1.75 bits per heavy atom. The largest absolute Gasteiger partial charge is 0.399 e. The minimum Gasteiger partial charge on any atom is -0.399 e. The number of allylic oxidation sites excluding steroid dienone is 1. The highest BCUT2D eigenvalue weighted by Crippen LogP contribution is 2.14. The molecule has 0 aromatic rings. The molecule has 1 aliphatic rings. The molecule has 98 valence electrons. The van der Waals surface area contributed by atoms with Gasteiger partial charge in [0.1, 0.15) is 0 Å². The molecule has 16 heavy (non-hydrogen) atoms. The minimum absolute atomic E-state index is 0. The molecule has 0 heterocycles. The Bertz CT molecular complexity index is 343. The van der Waals surface area contributed by atoms with Crippen LogP contribution in [0.2, 0.25) is 0 Å². The molecule has 1 rings (SSSR count). The zero-order chi connectivity index (χ0) is 11.4. The van der Waals surface area contributed by atoms with Gasteiger partial charge in [-0.25, -0.2) is 0 Å². The van der Waals surface area contributed by atoms with E-state index in [0.29, 0.717) is 0 Å². The van der Waals surface area contributed by atoms with Crippen LogP contribution in [0.5, 0.6) is 0 Å². The molecule has 6 N–H and O–H groups in total. The molecule has 1 aliphatic carbocycles. The van der Waals surface area contributed by atoms with Crippen molar-refractivity contribution in [1.29, 1.82) is 0 Å². The fourth-order valence-corrected chi connectivity index (χ4v) is 0.760. The van der Waals surface area contributed by atoms with Crippen molar-refractivity contribution >= 4 is 35.2 Å². The van der Waals surface area contributed by atoms with Gasteiger partial charge in [-0.2, -0.15) is 8.42 Å². The van der Waals surface area contributed by atoms with Crippen LogP contribution >= 0.6 is 24.8 Å². The SMILES string of the molecule is CC1(N)C=CC(N)=CC1.Cl.Cl.O=S(=O)(O)O. The summed E-state index contributed by atoms with van der Waals surface area (Å²) in [6.07, 6.45) is 6.57. The van der Waals surface area contributed by atoms with Crippen LogP contribution < -0.4 is 11.5 Å². The number of halogens is 2. The molecule has 0 saturated carbocycles. The van der Waals surface area contributed by atoms with E-state index in [1.165, 1.54) is 0 Å². The van der Waals surface area contributed by atoms with E-state index in [1.54, 1.807) is 0 Å². The molecule has 6 nitrogen and oxygen atoms in total. The fraction of sp³-hybridized carbons (Fsp3) is 0.429. The van der Waals surface area contributed by atoms with Crippen molar-refractivity contribution in [3.05, 3.63) is 23.9 Å². The Labute approximate surface area is 107 Å². The van der Waals surface area contributed by atoms with Crippen molar-refractivity contribution in [1.82, 2.24) is 0 Å². The third-order valence-corrected chi connectivity index (χ3v) is 1.43. The Morgan fingerprint density at radius 3 is 1.94 bits per heavy atom. The van der Waals surface area contributed by atoms with Crippen molar-refractivity contribution in [2.45, 2.75) is 18.9 Å². The van der Waals surface area contributed by atoms with Crippen molar-refractivity contribution in [3.8, 4) is 0 Å². The van der Waals surface area contributed by atoms with Crippen molar-refractivity contribution < 1.29 is 17.5 Å². The lowest BCUT2D eigenvalue weighted by Crippen LogP contribution is -2.34. The summed E-state index contributed by atoms with van der Waals surface area (Å²) < 4.78 is 31.6. The summed E-state index contributed by atoms with van der Waals surface area (Å²) in [6.45, 7) is 1.98. The van der Waals surface area contributed by atoms with Crippen LogP contribution in [0.25, 0.3) is 0 Å². The maximum Gasteiger partial charge on any atom is 0.394 e. The van der Waals surface area contributed by atoms with Crippen molar-refractivity contribution in [3.63, 3.8) is 0 Å². The first-order chi connectivity index (χ1) is 6.10. The predicted molar refractivity (Wildman–Crippen MR) is 67.3 cm³/mol. The van der Waals surface area contributed by atoms with Gasteiger partial charge in [-0.1, -0.05) is 12.2 Å². The van der Waals surface area contributed by atoms with Crippen LogP contribution in [-0.2, 0) is 10.4 Å². The number of hydrogen-bond donors (Lipinski definition) is 4. The first-order valence-electron chi connectivity index (χ1n) is 3.74. The molecular formula is C7H16Cl2N2O4S. The Morgan fingerprint density at radius 1 is 1.38 bits per heavy atom. The third-order valence-electron chi connectivity index (χ3n) is 1.43. The highest BCUT2D eigenvalue weighted by atomic mass is 35.5. The van der Waals surface area contributed by atoms with Gasteiger partial charge in [0.05, 0.1) is 0 Å². The van der Waals surface area contributed by atoms with Gasteiger partial charge in [0.2, 0.25) is 0 Å². The molecule has 0 radical (unpaired) electrons. The lowest BCUT2D eigenvalue weighted by atomic mass is 9.94. The maximum absolute atomic E-state index is 8.74. The van der Waals surface area contributed by atoms with E-state index in [2.05, 4.69) is 0 Å². The van der Waals surface area contributed by atoms with Gasteiger partial charge in [0.15, 0.2) is 0 Å². The lowest BCUT2D eigenvalue weighted by Gasteiger charge is -2.21. The van der Waals surface area contributed by atoms with E-state index in [0.717, 1.165) is 12.1 Å². The van der Waals surface area contributed by atoms with E-state index in [9.17, 15) is 0 Å². The minimum atomic E-state index is -4.67. The van der Waals surface area contributed by atoms with Crippen molar-refractivity contribution in [2.24, 2.45) is 11.5 Å². The summed E-state index contributed by atoms with van der Waals surface area (Å²) >= 11 is 0. The van der Waals surface area contributed by atoms with E-state index in [1.807, 2.05) is 25.2 Å². The van der Waals surface area contributed by atoms with Gasteiger partial charge >= 0.3 is 10.4 Å². The first-order valence-corrected chi connectivity index (χ1v) is 5.13. The Hall–Kier alpha value is -0.310. The fourth-order valence-electron chi connectivity index (χ4n) is 0.760. The smallest absolute Gasteiger partial charge is 0.394 e. The average molecular weight is 295 g/mol. The van der Waals surface area contributed by atoms with Crippen LogP contribution in [-0.4, -0.2) is 23.1 Å². The van der Waals surface area contributed by atoms with Gasteiger partial charge in [-0.05, 0) is 19.4 Å². The second-order valence-corrected chi connectivity index (χ2v) is 4.09. The predicted octanol–water partition coefficient (Wildman–Crippen LogP) is 0.697. The van der Waals surface area contributed by atoms with E-state index >= 15 is 0 Å². The molecule has 0 amide bonds. The summed E-state index contributed by atoms with van der Waals surface area (Å²) in [5.41, 5.74) is 11.9. The van der Waals surface area contributed by atoms with E-state index in [-0.39, 0.29) is 30.4 Å². The molecule has 0 aliphatic heterocycles. The second kappa shape index (κ2) is 7.88. The summed E-state index contributed by atoms with van der Waals surface area (Å²) in [5.74, 6) is 0. The van der Waals surface area contributed by atoms with Gasteiger partial charge in [-0.3, -0.25) is 9.11 Å². The average Bonchev–Trinajstić information content (AvgIpc) is 1.92. The number of nitrogens with two attached hydrogens (primary N) is 2. The highest BCUT2D eigenvalue weighted by Gasteiger charge is 2.14. The second-order valence-electron chi connectivity index (χ2n) is 3.20. The topological polar surface area (TPSA) is 127 Å². The summed E-state index contributed by atoms with van der Waals surface area (Å²) in [5, 5.41) is 0. The summed E-state index contributed by atoms with van der Waals surface area (Å²) in [4.78, 5) is 0. The van der Waals surface area contributed by atoms with Crippen LogP contribution in [0.15, 0.2) is 23.9 Å². The van der Waals surface area contributed by atoms with Gasteiger partial charge in [0.25, 0.3) is 0 Å². The van der Waals surface area contributed by atoms with E-state index < -0.39 is 10.4 Å². The normalized spacial score (nSPS) is 22.9. The lowest BCUT2D eigenvalue weighted by molar-refractivity contribution is 0.381. The Balaban J connectivity index is -0.000000214. The standard InChI is InChI=1S/C7H12N2.2ClH.H2O4S/c1-7(9)4-2-6(8)3-5-7;;;1-5(2,3)4/h2-4H,5,8-9H2,1H3;2*1H;(H2,1,2,3,4). The summed E-state index contributed by atoms with van der Waals surface area (Å²) in [6, 6.07) is 0. The molecule has 1 unspecified atom stereocenters. The molecule has 0 bridgehead atoms. The van der Waals surface area contributed by atoms with Gasteiger partial charge in [-0.15, -0.1) is 24.8 Å². The number of hydrogen-bond acceptors (Lipinski definition) is 4. The molecule has 0 aromatic heterocycles. The molecule has 9 heteroatoms.